The molecule has 2 rings (SSSR count). The molecule has 1 unspecified atom stereocenters. The predicted octanol–water partition coefficient (Wildman–Crippen LogP) is 0.439. The van der Waals surface area contributed by atoms with Gasteiger partial charge in [-0.25, -0.2) is 0 Å². The third-order valence-electron chi connectivity index (χ3n) is 4.26. The molecule has 2 aliphatic heterocycles. The van der Waals surface area contributed by atoms with Gasteiger partial charge in [-0.05, 0) is 20.0 Å². The van der Waals surface area contributed by atoms with Crippen LogP contribution in [0, 0.1) is 11.3 Å². The highest BCUT2D eigenvalue weighted by atomic mass is 16.1. The fraction of sp³-hybridized carbons (Fsp3) is 0.929. The fourth-order valence-electron chi connectivity index (χ4n) is 3.21. The summed E-state index contributed by atoms with van der Waals surface area (Å²) in [5.74, 6) is 0.721. The van der Waals surface area contributed by atoms with E-state index in [2.05, 4.69) is 36.0 Å². The molecule has 0 bridgehead atoms. The molecular formula is C14H27N3O. The van der Waals surface area contributed by atoms with Crippen molar-refractivity contribution in [1.82, 2.24) is 15.1 Å². The summed E-state index contributed by atoms with van der Waals surface area (Å²) < 4.78 is 0. The molecule has 1 N–H and O–H groups in total. The second-order valence-corrected chi connectivity index (χ2v) is 6.52. The molecule has 2 saturated heterocycles. The van der Waals surface area contributed by atoms with Crippen molar-refractivity contribution >= 4 is 5.78 Å². The van der Waals surface area contributed by atoms with Crippen LogP contribution in [0.25, 0.3) is 0 Å². The van der Waals surface area contributed by atoms with E-state index in [0.29, 0.717) is 5.78 Å². The predicted molar refractivity (Wildman–Crippen MR) is 73.7 cm³/mol. The Balaban J connectivity index is 1.90. The first-order valence-corrected chi connectivity index (χ1v) is 7.15. The molecule has 4 nitrogen and oxygen atoms in total. The van der Waals surface area contributed by atoms with E-state index in [-0.39, 0.29) is 11.3 Å². The summed E-state index contributed by atoms with van der Waals surface area (Å²) in [4.78, 5) is 17.3. The number of nitrogens with one attached hydrogen (secondary N) is 1. The lowest BCUT2D eigenvalue weighted by molar-refractivity contribution is -0.132. The Labute approximate surface area is 111 Å². The third kappa shape index (κ3) is 3.31. The monoisotopic (exact) mass is 253 g/mol. The van der Waals surface area contributed by atoms with Gasteiger partial charge in [0.15, 0.2) is 0 Å². The van der Waals surface area contributed by atoms with Crippen molar-refractivity contribution in [1.29, 1.82) is 0 Å². The summed E-state index contributed by atoms with van der Waals surface area (Å²) in [6.45, 7) is 11.4. The Bertz CT molecular complexity index is 297. The Morgan fingerprint density at radius 3 is 2.50 bits per heavy atom. The first kappa shape index (κ1) is 14.0. The van der Waals surface area contributed by atoms with E-state index in [0.717, 1.165) is 52.2 Å². The highest BCUT2D eigenvalue weighted by molar-refractivity contribution is 5.87. The first-order valence-electron chi connectivity index (χ1n) is 7.15. The highest BCUT2D eigenvalue weighted by Gasteiger charge is 2.37. The van der Waals surface area contributed by atoms with Gasteiger partial charge in [-0.15, -0.1) is 0 Å². The zero-order chi connectivity index (χ0) is 13.2. The number of piperazine rings is 1. The van der Waals surface area contributed by atoms with Crippen LogP contribution in [0.2, 0.25) is 0 Å². The van der Waals surface area contributed by atoms with Gasteiger partial charge in [0, 0.05) is 50.6 Å². The SMILES string of the molecule is CN1CCC(C(=O)C(C)(C)CN2CCNCC2)C1. The van der Waals surface area contributed by atoms with Crippen molar-refractivity contribution in [2.75, 3.05) is 52.9 Å². The smallest absolute Gasteiger partial charge is 0.144 e. The van der Waals surface area contributed by atoms with Crippen LogP contribution in [0.1, 0.15) is 20.3 Å². The molecule has 0 spiro atoms. The van der Waals surface area contributed by atoms with Gasteiger partial charge in [0.05, 0.1) is 0 Å². The third-order valence-corrected chi connectivity index (χ3v) is 4.26. The van der Waals surface area contributed by atoms with Crippen molar-refractivity contribution in [2.45, 2.75) is 20.3 Å². The Hall–Kier alpha value is -0.450. The van der Waals surface area contributed by atoms with Gasteiger partial charge in [-0.3, -0.25) is 9.69 Å². The molecule has 0 saturated carbocycles. The van der Waals surface area contributed by atoms with Gasteiger partial charge < -0.3 is 10.2 Å². The molecule has 0 aromatic rings. The molecule has 0 aromatic heterocycles. The summed E-state index contributed by atoms with van der Waals surface area (Å²) in [5, 5.41) is 3.36. The lowest BCUT2D eigenvalue weighted by atomic mass is 9.80. The van der Waals surface area contributed by atoms with E-state index in [9.17, 15) is 4.79 Å². The van der Waals surface area contributed by atoms with Crippen LogP contribution in [0.3, 0.4) is 0 Å². The summed E-state index contributed by atoms with van der Waals surface area (Å²) >= 11 is 0. The Morgan fingerprint density at radius 2 is 1.94 bits per heavy atom. The zero-order valence-electron chi connectivity index (χ0n) is 12.0. The van der Waals surface area contributed by atoms with Gasteiger partial charge in [0.2, 0.25) is 0 Å². The molecule has 2 heterocycles. The summed E-state index contributed by atoms with van der Waals surface area (Å²) in [6.07, 6.45) is 1.04. The van der Waals surface area contributed by atoms with Crippen molar-refractivity contribution in [3.63, 3.8) is 0 Å². The summed E-state index contributed by atoms with van der Waals surface area (Å²) in [5.41, 5.74) is -0.201. The minimum atomic E-state index is -0.201. The van der Waals surface area contributed by atoms with Gasteiger partial charge in [0.25, 0.3) is 0 Å². The second kappa shape index (κ2) is 5.68. The van der Waals surface area contributed by atoms with Crippen LogP contribution >= 0.6 is 0 Å². The number of hydrogen-bond acceptors (Lipinski definition) is 4. The maximum absolute atomic E-state index is 12.6. The molecule has 18 heavy (non-hydrogen) atoms. The van der Waals surface area contributed by atoms with E-state index >= 15 is 0 Å². The zero-order valence-corrected chi connectivity index (χ0v) is 12.0. The van der Waals surface area contributed by atoms with Gasteiger partial charge in [-0.2, -0.15) is 0 Å². The maximum Gasteiger partial charge on any atom is 0.144 e. The van der Waals surface area contributed by atoms with Crippen molar-refractivity contribution in [3.8, 4) is 0 Å². The number of carbonyl (C=O) groups excluding carboxylic acids is 1. The van der Waals surface area contributed by atoms with E-state index in [4.69, 9.17) is 0 Å². The van der Waals surface area contributed by atoms with Crippen LogP contribution in [-0.2, 0) is 4.79 Å². The van der Waals surface area contributed by atoms with E-state index in [1.807, 2.05) is 0 Å². The van der Waals surface area contributed by atoms with E-state index in [1.165, 1.54) is 0 Å². The molecule has 0 radical (unpaired) electrons. The van der Waals surface area contributed by atoms with Gasteiger partial charge >= 0.3 is 0 Å². The largest absolute Gasteiger partial charge is 0.314 e. The van der Waals surface area contributed by atoms with Crippen LogP contribution in [0.5, 0.6) is 0 Å². The lowest BCUT2D eigenvalue weighted by Crippen LogP contribution is -2.49. The average molecular weight is 253 g/mol. The fourth-order valence-corrected chi connectivity index (χ4v) is 3.21. The number of likely N-dealkylation sites (tertiary alicyclic amines) is 1. The van der Waals surface area contributed by atoms with Crippen LogP contribution in [-0.4, -0.2) is 68.4 Å². The molecular weight excluding hydrogens is 226 g/mol. The van der Waals surface area contributed by atoms with Crippen molar-refractivity contribution in [2.24, 2.45) is 11.3 Å². The molecule has 2 fully saturated rings. The van der Waals surface area contributed by atoms with E-state index in [1.54, 1.807) is 0 Å². The molecule has 0 amide bonds. The molecule has 4 heteroatoms. The normalized spacial score (nSPS) is 27.6. The minimum absolute atomic E-state index is 0.201. The van der Waals surface area contributed by atoms with Gasteiger partial charge in [0.1, 0.15) is 5.78 Å². The van der Waals surface area contributed by atoms with Gasteiger partial charge in [-0.1, -0.05) is 13.8 Å². The quantitative estimate of drug-likeness (QED) is 0.788. The molecule has 0 aliphatic carbocycles. The Morgan fingerprint density at radius 1 is 1.28 bits per heavy atom. The molecule has 0 aromatic carbocycles. The standard InChI is InChI=1S/C14H27N3O/c1-14(2,11-17-8-5-15-6-9-17)13(18)12-4-7-16(3)10-12/h12,15H,4-11H2,1-3H3. The highest BCUT2D eigenvalue weighted by Crippen LogP contribution is 2.28. The lowest BCUT2D eigenvalue weighted by Gasteiger charge is -2.35. The number of Topliss-reactive ketones (excluding diaryl/α,β-unsaturated/α-hetero) is 1. The summed E-state index contributed by atoms with van der Waals surface area (Å²) in [7, 11) is 2.11. The second-order valence-electron chi connectivity index (χ2n) is 6.52. The molecule has 104 valence electrons. The van der Waals surface area contributed by atoms with Crippen LogP contribution < -0.4 is 5.32 Å². The Kier molecular flexibility index (Phi) is 4.41. The van der Waals surface area contributed by atoms with E-state index < -0.39 is 0 Å². The van der Waals surface area contributed by atoms with Crippen LogP contribution in [0.4, 0.5) is 0 Å². The number of nitrogens with zero attached hydrogens (tertiary/aromatic N) is 2. The maximum atomic E-state index is 12.6. The molecule has 2 aliphatic rings. The first-order chi connectivity index (χ1) is 8.49. The summed E-state index contributed by atoms with van der Waals surface area (Å²) in [6, 6.07) is 0. The minimum Gasteiger partial charge on any atom is -0.314 e. The number of rotatable bonds is 4. The van der Waals surface area contributed by atoms with Crippen molar-refractivity contribution in [3.05, 3.63) is 0 Å². The molecule has 1 atom stereocenters. The van der Waals surface area contributed by atoms with Crippen LogP contribution in [0.15, 0.2) is 0 Å². The average Bonchev–Trinajstić information content (AvgIpc) is 2.75. The number of hydrogen-bond donors (Lipinski definition) is 1. The number of carbonyl (C=O) groups is 1. The topological polar surface area (TPSA) is 35.6 Å². The number of ketones is 1. The van der Waals surface area contributed by atoms with Crippen molar-refractivity contribution < 1.29 is 4.79 Å².